The minimum atomic E-state index is -0.0943. The predicted molar refractivity (Wildman–Crippen MR) is 92.4 cm³/mol. The van der Waals surface area contributed by atoms with Gasteiger partial charge in [0.1, 0.15) is 5.70 Å². The van der Waals surface area contributed by atoms with Crippen LogP contribution < -0.4 is 0 Å². The van der Waals surface area contributed by atoms with E-state index in [1.165, 1.54) is 0 Å². The maximum Gasteiger partial charge on any atom is 0.211 e. The van der Waals surface area contributed by atoms with Gasteiger partial charge in [-0.3, -0.25) is 9.59 Å². The number of ketones is 2. The van der Waals surface area contributed by atoms with Gasteiger partial charge in [0, 0.05) is 24.2 Å². The lowest BCUT2D eigenvalue weighted by atomic mass is 9.92. The monoisotopic (exact) mass is 363 g/mol. The van der Waals surface area contributed by atoms with E-state index in [1.54, 1.807) is 18.2 Å². The summed E-state index contributed by atoms with van der Waals surface area (Å²) in [5.41, 5.74) is 1.54. The normalized spacial score (nSPS) is 14.3. The van der Waals surface area contributed by atoms with Crippen molar-refractivity contribution in [2.75, 3.05) is 13.1 Å². The number of halogens is 1. The summed E-state index contributed by atoms with van der Waals surface area (Å²) in [5, 5.41) is 0. The van der Waals surface area contributed by atoms with E-state index in [1.807, 2.05) is 6.07 Å². The summed E-state index contributed by atoms with van der Waals surface area (Å²) in [6.07, 6.45) is 4.14. The third-order valence-corrected chi connectivity index (χ3v) is 4.65. The number of carbonyl (C=O) groups is 2. The lowest BCUT2D eigenvalue weighted by Crippen LogP contribution is -2.34. The number of hydrogen-bond donors (Lipinski definition) is 0. The second kappa shape index (κ2) is 7.73. The molecule has 0 atom stereocenters. The summed E-state index contributed by atoms with van der Waals surface area (Å²) in [6, 6.07) is 7.06. The number of hydrogen-bond acceptors (Lipinski definition) is 3. The summed E-state index contributed by atoms with van der Waals surface area (Å²) < 4.78 is 0.406. The van der Waals surface area contributed by atoms with Crippen LogP contribution in [0.1, 0.15) is 60.2 Å². The summed E-state index contributed by atoms with van der Waals surface area (Å²) >= 11 is 3.38. The number of nitrogens with zero attached hydrogens (tertiary/aromatic N) is 1. The number of carbonyl (C=O) groups excluding carboxylic acids is 2. The van der Waals surface area contributed by atoms with Crippen molar-refractivity contribution in [2.24, 2.45) is 0 Å². The molecule has 0 saturated heterocycles. The van der Waals surface area contributed by atoms with Crippen LogP contribution in [0.3, 0.4) is 0 Å². The zero-order chi connectivity index (χ0) is 16.1. The van der Waals surface area contributed by atoms with Gasteiger partial charge in [-0.15, -0.1) is 0 Å². The molecule has 22 heavy (non-hydrogen) atoms. The quantitative estimate of drug-likeness (QED) is 0.711. The molecule has 3 nitrogen and oxygen atoms in total. The van der Waals surface area contributed by atoms with Crippen LogP contribution >= 0.6 is 15.9 Å². The van der Waals surface area contributed by atoms with E-state index in [2.05, 4.69) is 34.7 Å². The molecule has 0 aromatic heterocycles. The Kier molecular flexibility index (Phi) is 5.95. The Balaban J connectivity index is 2.40. The number of rotatable bonds is 7. The topological polar surface area (TPSA) is 37.4 Å². The van der Waals surface area contributed by atoms with Crippen LogP contribution in [0.15, 0.2) is 34.4 Å². The Labute approximate surface area is 140 Å². The third kappa shape index (κ3) is 3.32. The highest BCUT2D eigenvalue weighted by molar-refractivity contribution is 9.12. The Morgan fingerprint density at radius 1 is 0.909 bits per heavy atom. The SMILES string of the molecule is CCCCN(CCCC)C1=C(Br)C(=O)c2ccccc2C1=O. The minimum absolute atomic E-state index is 0.0470. The number of allylic oxidation sites excluding steroid dienone is 2. The molecule has 0 N–H and O–H groups in total. The molecule has 2 rings (SSSR count). The van der Waals surface area contributed by atoms with E-state index in [0.717, 1.165) is 38.8 Å². The maximum atomic E-state index is 12.9. The van der Waals surface area contributed by atoms with Crippen LogP contribution in [0.2, 0.25) is 0 Å². The molecule has 0 aliphatic heterocycles. The molecule has 0 heterocycles. The van der Waals surface area contributed by atoms with Gasteiger partial charge < -0.3 is 4.90 Å². The zero-order valence-electron chi connectivity index (χ0n) is 13.2. The minimum Gasteiger partial charge on any atom is -0.367 e. The van der Waals surface area contributed by atoms with Crippen LogP contribution in [0.4, 0.5) is 0 Å². The molecule has 0 saturated carbocycles. The first-order chi connectivity index (χ1) is 10.6. The average Bonchev–Trinajstić information content (AvgIpc) is 2.54. The molecule has 0 unspecified atom stereocenters. The fourth-order valence-corrected chi connectivity index (χ4v) is 3.29. The van der Waals surface area contributed by atoms with Crippen molar-refractivity contribution in [3.05, 3.63) is 45.6 Å². The number of benzene rings is 1. The van der Waals surface area contributed by atoms with Crippen molar-refractivity contribution in [1.29, 1.82) is 0 Å². The zero-order valence-corrected chi connectivity index (χ0v) is 14.8. The lowest BCUT2D eigenvalue weighted by Gasteiger charge is -2.30. The van der Waals surface area contributed by atoms with Crippen molar-refractivity contribution in [1.82, 2.24) is 4.90 Å². The van der Waals surface area contributed by atoms with Gasteiger partial charge in [0.15, 0.2) is 0 Å². The molecular weight excluding hydrogens is 342 g/mol. The van der Waals surface area contributed by atoms with Gasteiger partial charge in [0.25, 0.3) is 0 Å². The predicted octanol–water partition coefficient (Wildman–Crippen LogP) is 4.57. The third-order valence-electron chi connectivity index (χ3n) is 3.92. The maximum absolute atomic E-state index is 12.9. The standard InChI is InChI=1S/C18H22BrNO2/c1-3-5-11-20(12-6-4-2)16-15(19)17(21)13-9-7-8-10-14(13)18(16)22/h7-10H,3-6,11-12H2,1-2H3. The Morgan fingerprint density at radius 3 is 1.91 bits per heavy atom. The van der Waals surface area contributed by atoms with E-state index in [-0.39, 0.29) is 11.6 Å². The highest BCUT2D eigenvalue weighted by Crippen LogP contribution is 2.31. The first-order valence-corrected chi connectivity index (χ1v) is 8.74. The molecule has 0 amide bonds. The molecule has 1 aromatic rings. The van der Waals surface area contributed by atoms with E-state index in [0.29, 0.717) is 21.3 Å². The highest BCUT2D eigenvalue weighted by atomic mass is 79.9. The Hall–Kier alpha value is -1.42. The lowest BCUT2D eigenvalue weighted by molar-refractivity contribution is 0.0947. The fraction of sp³-hybridized carbons (Fsp3) is 0.444. The van der Waals surface area contributed by atoms with Gasteiger partial charge in [0.05, 0.1) is 4.48 Å². The molecule has 118 valence electrons. The number of unbranched alkanes of at least 4 members (excludes halogenated alkanes) is 2. The van der Waals surface area contributed by atoms with Gasteiger partial charge >= 0.3 is 0 Å². The van der Waals surface area contributed by atoms with Crippen molar-refractivity contribution in [2.45, 2.75) is 39.5 Å². The van der Waals surface area contributed by atoms with Gasteiger partial charge in [-0.2, -0.15) is 0 Å². The molecule has 1 aromatic carbocycles. The summed E-state index contributed by atoms with van der Waals surface area (Å²) in [5.74, 6) is -0.141. The van der Waals surface area contributed by atoms with Gasteiger partial charge in [-0.05, 0) is 28.8 Å². The second-order valence-corrected chi connectivity index (χ2v) is 6.35. The molecule has 4 heteroatoms. The molecular formula is C18H22BrNO2. The van der Waals surface area contributed by atoms with Crippen molar-refractivity contribution in [3.63, 3.8) is 0 Å². The molecule has 0 radical (unpaired) electrons. The molecule has 1 aliphatic rings. The molecule has 1 aliphatic carbocycles. The summed E-state index contributed by atoms with van der Waals surface area (Å²) in [7, 11) is 0. The van der Waals surface area contributed by atoms with Gasteiger partial charge in [0.2, 0.25) is 11.6 Å². The van der Waals surface area contributed by atoms with Crippen molar-refractivity contribution in [3.8, 4) is 0 Å². The van der Waals surface area contributed by atoms with Crippen molar-refractivity contribution >= 4 is 27.5 Å². The van der Waals surface area contributed by atoms with E-state index >= 15 is 0 Å². The van der Waals surface area contributed by atoms with Crippen LogP contribution in [0, 0.1) is 0 Å². The highest BCUT2D eigenvalue weighted by Gasteiger charge is 2.33. The van der Waals surface area contributed by atoms with Crippen LogP contribution in [0.5, 0.6) is 0 Å². The Bertz CT molecular complexity index is 599. The fourth-order valence-electron chi connectivity index (χ4n) is 2.65. The summed E-state index contributed by atoms with van der Waals surface area (Å²) in [4.78, 5) is 27.5. The van der Waals surface area contributed by atoms with Crippen molar-refractivity contribution < 1.29 is 9.59 Å². The van der Waals surface area contributed by atoms with Crippen LogP contribution in [0.25, 0.3) is 0 Å². The van der Waals surface area contributed by atoms with E-state index in [9.17, 15) is 9.59 Å². The number of fused-ring (bicyclic) bond motifs is 1. The summed E-state index contributed by atoms with van der Waals surface area (Å²) in [6.45, 7) is 5.87. The first-order valence-electron chi connectivity index (χ1n) is 7.94. The number of Topliss-reactive ketones (excluding diaryl/α,β-unsaturated/α-hetero) is 2. The largest absolute Gasteiger partial charge is 0.367 e. The van der Waals surface area contributed by atoms with Crippen LogP contribution in [-0.2, 0) is 0 Å². The van der Waals surface area contributed by atoms with E-state index < -0.39 is 0 Å². The molecule has 0 fully saturated rings. The molecule has 0 bridgehead atoms. The van der Waals surface area contributed by atoms with Gasteiger partial charge in [-0.25, -0.2) is 0 Å². The van der Waals surface area contributed by atoms with Gasteiger partial charge in [-0.1, -0.05) is 51.0 Å². The van der Waals surface area contributed by atoms with Crippen LogP contribution in [-0.4, -0.2) is 29.6 Å². The Morgan fingerprint density at radius 2 is 1.41 bits per heavy atom. The first kappa shape index (κ1) is 16.9. The molecule has 0 spiro atoms. The van der Waals surface area contributed by atoms with E-state index in [4.69, 9.17) is 0 Å². The average molecular weight is 364 g/mol. The smallest absolute Gasteiger partial charge is 0.211 e. The second-order valence-electron chi connectivity index (χ2n) is 5.56.